The fraction of sp³-hybridized carbons (Fsp3) is 0.368. The summed E-state index contributed by atoms with van der Waals surface area (Å²) < 4.78 is 16.5. The fourth-order valence-electron chi connectivity index (χ4n) is 2.25. The van der Waals surface area contributed by atoms with Crippen LogP contribution in [0.15, 0.2) is 22.0 Å². The lowest BCUT2D eigenvalue weighted by molar-refractivity contribution is -0.122. The Bertz CT molecular complexity index is 906. The number of halogens is 1. The van der Waals surface area contributed by atoms with E-state index in [1.54, 1.807) is 12.3 Å². The van der Waals surface area contributed by atoms with Crippen molar-refractivity contribution in [2.24, 2.45) is 0 Å². The van der Waals surface area contributed by atoms with Crippen LogP contribution in [0.1, 0.15) is 40.3 Å². The van der Waals surface area contributed by atoms with E-state index in [0.29, 0.717) is 27.6 Å². The number of Topliss-reactive ketones (excluding diaryl/α,β-unsaturated/α-hetero) is 1. The van der Waals surface area contributed by atoms with Crippen molar-refractivity contribution < 1.29 is 23.8 Å². The van der Waals surface area contributed by atoms with E-state index in [1.807, 2.05) is 13.0 Å². The molecule has 28 heavy (non-hydrogen) atoms. The van der Waals surface area contributed by atoms with E-state index in [2.05, 4.69) is 20.9 Å². The molecule has 0 saturated heterocycles. The maximum absolute atomic E-state index is 12.4. The van der Waals surface area contributed by atoms with Crippen LogP contribution < -0.4 is 9.47 Å². The molecule has 7 nitrogen and oxygen atoms in total. The van der Waals surface area contributed by atoms with Gasteiger partial charge in [-0.1, -0.05) is 6.92 Å². The number of carbonyl (C=O) groups is 2. The minimum absolute atomic E-state index is 0.193. The molecule has 0 unspecified atom stereocenters. The predicted molar refractivity (Wildman–Crippen MR) is 107 cm³/mol. The van der Waals surface area contributed by atoms with Crippen molar-refractivity contribution in [2.45, 2.75) is 26.2 Å². The van der Waals surface area contributed by atoms with Crippen LogP contribution in [0.25, 0.3) is 0 Å². The molecule has 1 aromatic heterocycles. The first-order valence-corrected chi connectivity index (χ1v) is 10.1. The molecule has 0 fully saturated rings. The van der Waals surface area contributed by atoms with E-state index in [4.69, 9.17) is 14.2 Å². The molecule has 0 bridgehead atoms. The van der Waals surface area contributed by atoms with Crippen molar-refractivity contribution in [1.82, 2.24) is 4.98 Å². The molecule has 0 saturated carbocycles. The first kappa shape index (κ1) is 21.9. The number of benzene rings is 1. The van der Waals surface area contributed by atoms with Gasteiger partial charge in [0.05, 0.1) is 29.8 Å². The van der Waals surface area contributed by atoms with Crippen molar-refractivity contribution in [3.63, 3.8) is 0 Å². The van der Waals surface area contributed by atoms with Crippen molar-refractivity contribution >= 4 is 39.0 Å². The van der Waals surface area contributed by atoms with Gasteiger partial charge in [-0.3, -0.25) is 4.79 Å². The average Bonchev–Trinajstić information content (AvgIpc) is 3.10. The van der Waals surface area contributed by atoms with Crippen molar-refractivity contribution in [1.29, 1.82) is 5.26 Å². The SMILES string of the molecule is CCCOc1c(Br)cc(C(=O)OCC(=O)[C@@H](C#N)c2nc(C)cs2)cc1OC. The monoisotopic (exact) mass is 466 g/mol. The Hall–Kier alpha value is -2.44. The van der Waals surface area contributed by atoms with Crippen LogP contribution in [0.5, 0.6) is 11.5 Å². The van der Waals surface area contributed by atoms with Crippen molar-refractivity contribution in [2.75, 3.05) is 20.3 Å². The molecular formula is C19H19BrN2O5S. The van der Waals surface area contributed by atoms with Gasteiger partial charge in [0.25, 0.3) is 0 Å². The standard InChI is InChI=1S/C19H19BrN2O5S/c1-4-5-26-17-14(20)6-12(7-16(17)25-3)19(24)27-9-15(23)13(8-21)18-22-11(2)10-28-18/h6-7,10,13H,4-5,9H2,1-3H3/t13-/m1/s1. The third kappa shape index (κ3) is 5.30. The lowest BCUT2D eigenvalue weighted by Gasteiger charge is -2.14. The largest absolute Gasteiger partial charge is 0.493 e. The number of aryl methyl sites for hydroxylation is 1. The number of aromatic nitrogens is 1. The Kier molecular flexibility index (Phi) is 7.96. The fourth-order valence-corrected chi connectivity index (χ4v) is 3.67. The molecule has 2 rings (SSSR count). The highest BCUT2D eigenvalue weighted by Gasteiger charge is 2.25. The number of hydrogen-bond acceptors (Lipinski definition) is 8. The summed E-state index contributed by atoms with van der Waals surface area (Å²) in [6.07, 6.45) is 0.820. The number of methoxy groups -OCH3 is 1. The Morgan fingerprint density at radius 3 is 2.71 bits per heavy atom. The quantitative estimate of drug-likeness (QED) is 0.513. The van der Waals surface area contributed by atoms with E-state index in [9.17, 15) is 14.9 Å². The van der Waals surface area contributed by atoms with Gasteiger partial charge in [-0.15, -0.1) is 11.3 Å². The summed E-state index contributed by atoms with van der Waals surface area (Å²) in [5.41, 5.74) is 0.923. The molecule has 1 atom stereocenters. The summed E-state index contributed by atoms with van der Waals surface area (Å²) in [7, 11) is 1.47. The van der Waals surface area contributed by atoms with Gasteiger partial charge in [0.15, 0.2) is 29.8 Å². The maximum Gasteiger partial charge on any atom is 0.338 e. The van der Waals surface area contributed by atoms with Crippen LogP contribution in [-0.4, -0.2) is 37.1 Å². The zero-order chi connectivity index (χ0) is 20.7. The molecule has 0 aliphatic heterocycles. The molecule has 0 aliphatic rings. The van der Waals surface area contributed by atoms with Crippen LogP contribution >= 0.6 is 27.3 Å². The molecule has 1 aromatic carbocycles. The van der Waals surface area contributed by atoms with E-state index in [-0.39, 0.29) is 5.56 Å². The molecule has 0 radical (unpaired) electrons. The van der Waals surface area contributed by atoms with Gasteiger partial charge >= 0.3 is 5.97 Å². The van der Waals surface area contributed by atoms with Gasteiger partial charge in [-0.2, -0.15) is 5.26 Å². The lowest BCUT2D eigenvalue weighted by Crippen LogP contribution is -2.20. The molecular weight excluding hydrogens is 448 g/mol. The molecule has 0 amide bonds. The third-order valence-corrected chi connectivity index (χ3v) is 5.21. The number of hydrogen-bond donors (Lipinski definition) is 0. The Balaban J connectivity index is 2.09. The molecule has 148 valence electrons. The second-order valence-corrected chi connectivity index (χ2v) is 7.51. The summed E-state index contributed by atoms with van der Waals surface area (Å²) in [6, 6.07) is 4.93. The molecule has 2 aromatic rings. The van der Waals surface area contributed by atoms with Crippen molar-refractivity contribution in [3.05, 3.63) is 38.3 Å². The average molecular weight is 467 g/mol. The number of ether oxygens (including phenoxy) is 3. The highest BCUT2D eigenvalue weighted by Crippen LogP contribution is 2.37. The second-order valence-electron chi connectivity index (χ2n) is 5.77. The number of nitriles is 1. The van der Waals surface area contributed by atoms with Gasteiger partial charge in [0, 0.05) is 11.1 Å². The molecule has 0 spiro atoms. The van der Waals surface area contributed by atoms with Crippen molar-refractivity contribution in [3.8, 4) is 17.6 Å². The van der Waals surface area contributed by atoms with Crippen LogP contribution in [0.3, 0.4) is 0 Å². The van der Waals surface area contributed by atoms with Crippen LogP contribution in [0.4, 0.5) is 0 Å². The normalized spacial score (nSPS) is 11.4. The molecule has 9 heteroatoms. The highest BCUT2D eigenvalue weighted by molar-refractivity contribution is 9.10. The number of rotatable bonds is 9. The molecule has 0 N–H and O–H groups in total. The molecule has 0 aliphatic carbocycles. The van der Waals surface area contributed by atoms with Gasteiger partial charge in [-0.25, -0.2) is 9.78 Å². The minimum Gasteiger partial charge on any atom is -0.493 e. The second kappa shape index (κ2) is 10.2. The lowest BCUT2D eigenvalue weighted by atomic mass is 10.1. The van der Waals surface area contributed by atoms with Crippen LogP contribution in [0.2, 0.25) is 0 Å². The zero-order valence-electron chi connectivity index (χ0n) is 15.7. The van der Waals surface area contributed by atoms with Gasteiger partial charge in [0.1, 0.15) is 5.01 Å². The Morgan fingerprint density at radius 2 is 2.14 bits per heavy atom. The number of carbonyl (C=O) groups excluding carboxylic acids is 2. The smallest absolute Gasteiger partial charge is 0.338 e. The Morgan fingerprint density at radius 1 is 1.39 bits per heavy atom. The number of thiazole rings is 1. The number of ketones is 1. The summed E-state index contributed by atoms with van der Waals surface area (Å²) in [5, 5.41) is 11.4. The van der Waals surface area contributed by atoms with Gasteiger partial charge in [0.2, 0.25) is 0 Å². The van der Waals surface area contributed by atoms with Gasteiger partial charge in [-0.05, 0) is 41.4 Å². The summed E-state index contributed by atoms with van der Waals surface area (Å²) >= 11 is 4.58. The first-order chi connectivity index (χ1) is 13.4. The van der Waals surface area contributed by atoms with Gasteiger partial charge < -0.3 is 14.2 Å². The summed E-state index contributed by atoms with van der Waals surface area (Å²) in [4.78, 5) is 28.8. The van der Waals surface area contributed by atoms with Crippen LogP contribution in [-0.2, 0) is 9.53 Å². The van der Waals surface area contributed by atoms with E-state index >= 15 is 0 Å². The van der Waals surface area contributed by atoms with E-state index in [0.717, 1.165) is 12.1 Å². The third-order valence-electron chi connectivity index (χ3n) is 3.60. The zero-order valence-corrected chi connectivity index (χ0v) is 18.1. The topological polar surface area (TPSA) is 98.5 Å². The first-order valence-electron chi connectivity index (χ1n) is 8.43. The minimum atomic E-state index is -1.06. The van der Waals surface area contributed by atoms with E-state index in [1.165, 1.54) is 30.6 Å². The highest BCUT2D eigenvalue weighted by atomic mass is 79.9. The number of esters is 1. The summed E-state index contributed by atoms with van der Waals surface area (Å²) in [6.45, 7) is 3.73. The Labute approximate surface area is 175 Å². The molecule has 1 heterocycles. The predicted octanol–water partition coefficient (Wildman–Crippen LogP) is 4.04. The van der Waals surface area contributed by atoms with E-state index < -0.39 is 24.3 Å². The number of nitrogens with zero attached hydrogens (tertiary/aromatic N) is 2. The van der Waals surface area contributed by atoms with Crippen LogP contribution in [0, 0.1) is 18.3 Å². The summed E-state index contributed by atoms with van der Waals surface area (Å²) in [5.74, 6) is -1.44. The maximum atomic E-state index is 12.4.